The molecule has 4 aromatic heterocycles. The van der Waals surface area contributed by atoms with Gasteiger partial charge in [0, 0.05) is 24.3 Å². The largest absolute Gasteiger partial charge is 0.477 e. The predicted octanol–water partition coefficient (Wildman–Crippen LogP) is 7.08. The molecule has 11 nitrogen and oxygen atoms in total. The molecule has 1 saturated carbocycles. The van der Waals surface area contributed by atoms with Gasteiger partial charge in [-0.25, -0.2) is 19.7 Å². The van der Waals surface area contributed by atoms with Crippen LogP contribution in [-0.4, -0.2) is 53.0 Å². The van der Waals surface area contributed by atoms with Crippen LogP contribution in [0.25, 0.3) is 11.4 Å². The second-order valence-corrected chi connectivity index (χ2v) is 17.4. The molecule has 2 atom stereocenters. The first-order valence-electron chi connectivity index (χ1n) is 17.9. The zero-order valence-corrected chi connectivity index (χ0v) is 30.8. The summed E-state index contributed by atoms with van der Waals surface area (Å²) in [6, 6.07) is 17.6. The van der Waals surface area contributed by atoms with E-state index in [0.717, 1.165) is 30.5 Å². The number of nitrogens with one attached hydrogen (secondary N) is 2. The van der Waals surface area contributed by atoms with E-state index >= 15 is 0 Å². The maximum Gasteiger partial charge on any atom is 0.281 e. The van der Waals surface area contributed by atoms with Gasteiger partial charge >= 0.3 is 0 Å². The number of hydrogen-bond acceptors (Lipinski definition) is 10. The monoisotopic (exact) mass is 709 g/mol. The quantitative estimate of drug-likeness (QED) is 0.221. The standard InChI is InChI=1S/C39H47N7O4S/c1-38(2,3)27-19-20-40-32(21-27)31-17-15-26-22-39(4,5)46(23-26)36-28(37(47)45-51(48,49)35-14-8-12-33(41-31)44-35)16-18-30(43-36)29-11-7-13-34(42-29)50-24-25-9-6-10-25/h7-8,11-14,16,18-21,25-26,31H,6,9-10,15,17,22-24H2,1-5H3,(H,41,44)(H,45,47)/t26-,31+/m0/s1. The van der Waals surface area contributed by atoms with Gasteiger partial charge < -0.3 is 15.0 Å². The number of nitrogens with zero attached hydrogens (tertiary/aromatic N) is 5. The molecule has 4 bridgehead atoms. The molecule has 1 amide bonds. The second-order valence-electron chi connectivity index (χ2n) is 15.8. The second kappa shape index (κ2) is 13.5. The molecule has 2 aliphatic heterocycles. The minimum atomic E-state index is -4.34. The fourth-order valence-corrected chi connectivity index (χ4v) is 8.22. The number of anilines is 2. The molecular formula is C39H47N7O4S. The van der Waals surface area contributed by atoms with Crippen LogP contribution in [0.2, 0.25) is 0 Å². The fraction of sp³-hybridized carbons (Fsp3) is 0.462. The Morgan fingerprint density at radius 3 is 2.49 bits per heavy atom. The highest BCUT2D eigenvalue weighted by molar-refractivity contribution is 7.90. The lowest BCUT2D eigenvalue weighted by atomic mass is 9.86. The molecule has 12 heteroatoms. The van der Waals surface area contributed by atoms with Crippen LogP contribution < -0.4 is 19.7 Å². The van der Waals surface area contributed by atoms with E-state index in [0.29, 0.717) is 48.0 Å². The van der Waals surface area contributed by atoms with E-state index in [4.69, 9.17) is 19.7 Å². The van der Waals surface area contributed by atoms with Crippen molar-refractivity contribution >= 4 is 27.6 Å². The third-order valence-corrected chi connectivity index (χ3v) is 11.7. The van der Waals surface area contributed by atoms with Crippen molar-refractivity contribution in [1.29, 1.82) is 0 Å². The highest BCUT2D eigenvalue weighted by atomic mass is 32.2. The first-order valence-corrected chi connectivity index (χ1v) is 19.4. The summed E-state index contributed by atoms with van der Waals surface area (Å²) < 4.78 is 35.7. The third kappa shape index (κ3) is 7.56. The van der Waals surface area contributed by atoms with Crippen molar-refractivity contribution in [2.45, 2.75) is 95.2 Å². The number of ether oxygens (including phenoxy) is 1. The van der Waals surface area contributed by atoms with E-state index in [1.807, 2.05) is 30.5 Å². The summed E-state index contributed by atoms with van der Waals surface area (Å²) in [5.74, 6) is 1.40. The Balaban J connectivity index is 1.27. The number of fused-ring (bicyclic) bond motifs is 6. The molecular weight excluding hydrogens is 663 g/mol. The summed E-state index contributed by atoms with van der Waals surface area (Å²) in [7, 11) is -4.34. The van der Waals surface area contributed by atoms with Gasteiger partial charge in [0.15, 0.2) is 5.03 Å². The average Bonchev–Trinajstić information content (AvgIpc) is 3.38. The molecule has 0 spiro atoms. The molecule has 0 unspecified atom stereocenters. The molecule has 268 valence electrons. The molecule has 0 radical (unpaired) electrons. The van der Waals surface area contributed by atoms with Crippen molar-refractivity contribution in [2.24, 2.45) is 11.8 Å². The first kappa shape index (κ1) is 34.9. The minimum absolute atomic E-state index is 0.0724. The van der Waals surface area contributed by atoms with E-state index in [1.165, 1.54) is 25.3 Å². The van der Waals surface area contributed by atoms with Crippen molar-refractivity contribution < 1.29 is 17.9 Å². The molecule has 1 saturated heterocycles. The molecule has 2 N–H and O–H groups in total. The third-order valence-electron chi connectivity index (χ3n) is 10.4. The van der Waals surface area contributed by atoms with Crippen LogP contribution in [0.1, 0.15) is 101 Å². The molecule has 7 rings (SSSR count). The highest BCUT2D eigenvalue weighted by Gasteiger charge is 2.41. The van der Waals surface area contributed by atoms with Crippen molar-refractivity contribution in [1.82, 2.24) is 24.7 Å². The van der Waals surface area contributed by atoms with E-state index in [1.54, 1.807) is 24.3 Å². The summed E-state index contributed by atoms with van der Waals surface area (Å²) in [6.07, 6.45) is 7.89. The van der Waals surface area contributed by atoms with Gasteiger partial charge in [0.25, 0.3) is 15.9 Å². The van der Waals surface area contributed by atoms with Crippen LogP contribution in [-0.2, 0) is 15.4 Å². The van der Waals surface area contributed by atoms with Crippen molar-refractivity contribution in [3.05, 3.63) is 83.7 Å². The lowest BCUT2D eigenvalue weighted by Gasteiger charge is -2.34. The van der Waals surface area contributed by atoms with Crippen LogP contribution in [0.3, 0.4) is 0 Å². The number of hydrogen-bond donors (Lipinski definition) is 2. The predicted molar refractivity (Wildman–Crippen MR) is 197 cm³/mol. The molecule has 3 aliphatic rings. The topological polar surface area (TPSA) is 139 Å². The average molecular weight is 710 g/mol. The van der Waals surface area contributed by atoms with Crippen LogP contribution in [0.4, 0.5) is 11.6 Å². The zero-order valence-electron chi connectivity index (χ0n) is 30.0. The van der Waals surface area contributed by atoms with Gasteiger partial charge in [0.2, 0.25) is 5.88 Å². The Hall–Kier alpha value is -4.58. The number of carbonyl (C=O) groups excluding carboxylic acids is 1. The van der Waals surface area contributed by atoms with Crippen LogP contribution in [0, 0.1) is 11.8 Å². The van der Waals surface area contributed by atoms with E-state index in [2.05, 4.69) is 60.6 Å². The van der Waals surface area contributed by atoms with Crippen LogP contribution in [0.5, 0.6) is 5.88 Å². The fourth-order valence-electron chi connectivity index (χ4n) is 7.28. The molecule has 4 aromatic rings. The zero-order chi connectivity index (χ0) is 36.0. The van der Waals surface area contributed by atoms with Crippen molar-refractivity contribution in [3.63, 3.8) is 0 Å². The number of pyridine rings is 4. The Labute approximate surface area is 300 Å². The summed E-state index contributed by atoms with van der Waals surface area (Å²) in [4.78, 5) is 35.1. The van der Waals surface area contributed by atoms with Crippen molar-refractivity contribution in [2.75, 3.05) is 23.4 Å². The first-order chi connectivity index (χ1) is 24.2. The Morgan fingerprint density at radius 2 is 1.73 bits per heavy atom. The molecule has 2 fully saturated rings. The summed E-state index contributed by atoms with van der Waals surface area (Å²) >= 11 is 0. The van der Waals surface area contributed by atoms with Gasteiger partial charge in [-0.3, -0.25) is 9.78 Å². The van der Waals surface area contributed by atoms with Gasteiger partial charge in [0.1, 0.15) is 11.6 Å². The lowest BCUT2D eigenvalue weighted by molar-refractivity contribution is 0.0981. The highest BCUT2D eigenvalue weighted by Crippen LogP contribution is 2.41. The number of rotatable bonds is 5. The summed E-state index contributed by atoms with van der Waals surface area (Å²) in [5, 5.41) is 3.22. The van der Waals surface area contributed by atoms with Crippen LogP contribution in [0.15, 0.2) is 71.9 Å². The Kier molecular flexibility index (Phi) is 9.24. The Bertz CT molecular complexity index is 2040. The number of carbonyl (C=O) groups is 1. The van der Waals surface area contributed by atoms with Gasteiger partial charge in [-0.15, -0.1) is 0 Å². The van der Waals surface area contributed by atoms with Gasteiger partial charge in [-0.1, -0.05) is 39.3 Å². The van der Waals surface area contributed by atoms with Gasteiger partial charge in [-0.2, -0.15) is 8.42 Å². The maximum atomic E-state index is 13.9. The molecule has 51 heavy (non-hydrogen) atoms. The maximum absolute atomic E-state index is 13.9. The van der Waals surface area contributed by atoms with E-state index in [-0.39, 0.29) is 33.5 Å². The normalized spacial score (nSPS) is 21.7. The minimum Gasteiger partial charge on any atom is -0.477 e. The summed E-state index contributed by atoms with van der Waals surface area (Å²) in [5.41, 5.74) is 2.93. The number of sulfonamides is 1. The molecule has 0 aromatic carbocycles. The molecule has 1 aliphatic carbocycles. The van der Waals surface area contributed by atoms with Crippen molar-refractivity contribution in [3.8, 4) is 17.3 Å². The SMILES string of the molecule is CC(C)(C)c1ccnc([C@H]2CC[C@@H]3CN(c4nc(-c5cccc(OCC6CCC6)n5)ccc4C(=O)NS(=O)(=O)c4cccc(n4)N2)C(C)(C)C3)c1. The Morgan fingerprint density at radius 1 is 0.941 bits per heavy atom. The van der Waals surface area contributed by atoms with Gasteiger partial charge in [-0.05, 0) is 111 Å². The lowest BCUT2D eigenvalue weighted by Crippen LogP contribution is -2.41. The molecule has 6 heterocycles. The van der Waals surface area contributed by atoms with Gasteiger partial charge in [0.05, 0.1) is 35.3 Å². The number of amides is 1. The van der Waals surface area contributed by atoms with E-state index in [9.17, 15) is 13.2 Å². The number of aromatic nitrogens is 4. The van der Waals surface area contributed by atoms with E-state index < -0.39 is 15.9 Å². The smallest absolute Gasteiger partial charge is 0.281 e. The summed E-state index contributed by atoms with van der Waals surface area (Å²) in [6.45, 7) is 12.1. The van der Waals surface area contributed by atoms with Crippen LogP contribution >= 0.6 is 0 Å².